The van der Waals surface area contributed by atoms with Gasteiger partial charge in [0.15, 0.2) is 0 Å². The van der Waals surface area contributed by atoms with Crippen LogP contribution in [0.4, 0.5) is 0 Å². The van der Waals surface area contributed by atoms with Crippen molar-refractivity contribution in [3.63, 3.8) is 0 Å². The molecule has 4 fully saturated rings. The largest absolute Gasteiger partial charge is 0.330 e. The lowest BCUT2D eigenvalue weighted by Crippen LogP contribution is -2.44. The number of aryl methyl sites for hydroxylation is 1. The Labute approximate surface area is 115 Å². The van der Waals surface area contributed by atoms with Gasteiger partial charge in [0.2, 0.25) is 0 Å². The van der Waals surface area contributed by atoms with E-state index >= 15 is 0 Å². The number of nitrogens with two attached hydrogens (primary N) is 1. The van der Waals surface area contributed by atoms with Gasteiger partial charge in [0.25, 0.3) is 0 Å². The molecule has 104 valence electrons. The summed E-state index contributed by atoms with van der Waals surface area (Å²) in [6.45, 7) is 0.706. The van der Waals surface area contributed by atoms with Crippen LogP contribution in [0.25, 0.3) is 0 Å². The van der Waals surface area contributed by atoms with Crippen molar-refractivity contribution in [2.24, 2.45) is 36.5 Å². The first-order valence-electron chi connectivity index (χ1n) is 7.97. The Morgan fingerprint density at radius 2 is 1.79 bits per heavy atom. The molecular weight excluding hydrogens is 234 g/mol. The Kier molecular flexibility index (Phi) is 2.73. The van der Waals surface area contributed by atoms with Crippen LogP contribution in [-0.2, 0) is 13.5 Å². The van der Waals surface area contributed by atoms with Crippen molar-refractivity contribution < 1.29 is 0 Å². The number of aromatic nitrogens is 2. The van der Waals surface area contributed by atoms with E-state index in [9.17, 15) is 0 Å². The molecule has 0 amide bonds. The summed E-state index contributed by atoms with van der Waals surface area (Å²) < 4.78 is 2.15. The molecule has 3 nitrogen and oxygen atoms in total. The molecule has 0 spiro atoms. The summed E-state index contributed by atoms with van der Waals surface area (Å²) in [5.41, 5.74) is 8.35. The monoisotopic (exact) mass is 259 g/mol. The Balaban J connectivity index is 1.65. The van der Waals surface area contributed by atoms with Gasteiger partial charge in [-0.1, -0.05) is 0 Å². The van der Waals surface area contributed by atoms with Crippen molar-refractivity contribution in [3.05, 3.63) is 17.5 Å². The zero-order valence-corrected chi connectivity index (χ0v) is 11.9. The molecule has 0 unspecified atom stereocenters. The summed E-state index contributed by atoms with van der Waals surface area (Å²) in [6.07, 6.45) is 8.37. The molecule has 0 saturated heterocycles. The van der Waals surface area contributed by atoms with Crippen LogP contribution in [0.1, 0.15) is 49.4 Å². The lowest BCUT2D eigenvalue weighted by Gasteiger charge is -2.54. The molecule has 0 aromatic carbocycles. The van der Waals surface area contributed by atoms with E-state index in [0.717, 1.165) is 36.0 Å². The predicted octanol–water partition coefficient (Wildman–Crippen LogP) is 2.46. The summed E-state index contributed by atoms with van der Waals surface area (Å²) in [5.74, 6) is 4.78. The van der Waals surface area contributed by atoms with Gasteiger partial charge in [0.05, 0.1) is 5.69 Å². The summed E-state index contributed by atoms with van der Waals surface area (Å²) in [4.78, 5) is 0. The van der Waals surface area contributed by atoms with Gasteiger partial charge in [-0.2, -0.15) is 5.10 Å². The highest BCUT2D eigenvalue weighted by Gasteiger charge is 2.49. The third-order valence-electron chi connectivity index (χ3n) is 5.94. The van der Waals surface area contributed by atoms with Gasteiger partial charge in [-0.3, -0.25) is 4.68 Å². The molecule has 5 rings (SSSR count). The van der Waals surface area contributed by atoms with Gasteiger partial charge in [0.1, 0.15) is 0 Å². The van der Waals surface area contributed by atoms with Gasteiger partial charge in [-0.25, -0.2) is 0 Å². The third-order valence-corrected chi connectivity index (χ3v) is 5.94. The predicted molar refractivity (Wildman–Crippen MR) is 75.8 cm³/mol. The van der Waals surface area contributed by atoms with E-state index in [-0.39, 0.29) is 0 Å². The van der Waals surface area contributed by atoms with Crippen LogP contribution < -0.4 is 5.73 Å². The van der Waals surface area contributed by atoms with Crippen LogP contribution in [0.15, 0.2) is 6.07 Å². The van der Waals surface area contributed by atoms with Crippen LogP contribution in [0, 0.1) is 23.7 Å². The average molecular weight is 259 g/mol. The van der Waals surface area contributed by atoms with Gasteiger partial charge < -0.3 is 5.73 Å². The normalized spacial score (nSPS) is 40.0. The second-order valence-corrected chi connectivity index (χ2v) is 7.18. The van der Waals surface area contributed by atoms with Crippen molar-refractivity contribution in [3.8, 4) is 0 Å². The minimum Gasteiger partial charge on any atom is -0.330 e. The summed E-state index contributed by atoms with van der Waals surface area (Å²) in [7, 11) is 2.13. The molecular formula is C16H25N3. The molecule has 0 radical (unpaired) electrons. The SMILES string of the molecule is Cn1nc(CCN)cc1C1C2CC3CC(C2)CC1C3. The van der Waals surface area contributed by atoms with Crippen molar-refractivity contribution in [1.82, 2.24) is 9.78 Å². The van der Waals surface area contributed by atoms with E-state index in [2.05, 4.69) is 22.9 Å². The minimum atomic E-state index is 0.706. The molecule has 1 aromatic heterocycles. The highest BCUT2D eigenvalue weighted by atomic mass is 15.3. The van der Waals surface area contributed by atoms with Crippen LogP contribution in [0.5, 0.6) is 0 Å². The van der Waals surface area contributed by atoms with Crippen LogP contribution >= 0.6 is 0 Å². The van der Waals surface area contributed by atoms with E-state index < -0.39 is 0 Å². The first-order chi connectivity index (χ1) is 9.24. The summed E-state index contributed by atoms with van der Waals surface area (Å²) >= 11 is 0. The smallest absolute Gasteiger partial charge is 0.0640 e. The maximum Gasteiger partial charge on any atom is 0.0640 e. The van der Waals surface area contributed by atoms with Gasteiger partial charge in [-0.15, -0.1) is 0 Å². The molecule has 2 N–H and O–H groups in total. The van der Waals surface area contributed by atoms with Crippen molar-refractivity contribution in [1.29, 1.82) is 0 Å². The fourth-order valence-corrected chi connectivity index (χ4v) is 5.53. The highest BCUT2D eigenvalue weighted by molar-refractivity contribution is 5.20. The highest BCUT2D eigenvalue weighted by Crippen LogP contribution is 2.59. The lowest BCUT2D eigenvalue weighted by atomic mass is 9.51. The van der Waals surface area contributed by atoms with Crippen molar-refractivity contribution >= 4 is 0 Å². The van der Waals surface area contributed by atoms with Crippen molar-refractivity contribution in [2.75, 3.05) is 6.54 Å². The topological polar surface area (TPSA) is 43.8 Å². The first-order valence-corrected chi connectivity index (χ1v) is 7.97. The van der Waals surface area contributed by atoms with E-state index in [0.29, 0.717) is 6.54 Å². The number of hydrogen-bond acceptors (Lipinski definition) is 2. The standard InChI is InChI=1S/C16H25N3/c1-19-15(9-14(18-19)2-3-17)16-12-5-10-4-11(7-12)8-13(16)6-10/h9-13,16H,2-8,17H2,1H3. The van der Waals surface area contributed by atoms with E-state index in [4.69, 9.17) is 5.73 Å². The molecule has 4 saturated carbocycles. The summed E-state index contributed by atoms with van der Waals surface area (Å²) in [5, 5.41) is 4.67. The van der Waals surface area contributed by atoms with Gasteiger partial charge in [0, 0.05) is 25.1 Å². The molecule has 19 heavy (non-hydrogen) atoms. The Morgan fingerprint density at radius 3 is 2.37 bits per heavy atom. The van der Waals surface area contributed by atoms with Crippen LogP contribution in [0.3, 0.4) is 0 Å². The number of hydrogen-bond donors (Lipinski definition) is 1. The second kappa shape index (κ2) is 4.34. The lowest BCUT2D eigenvalue weighted by molar-refractivity contribution is -0.00533. The van der Waals surface area contributed by atoms with Gasteiger partial charge in [-0.05, 0) is 68.4 Å². The number of rotatable bonds is 3. The zero-order valence-electron chi connectivity index (χ0n) is 11.9. The molecule has 0 atom stereocenters. The number of nitrogens with zero attached hydrogens (tertiary/aromatic N) is 2. The second-order valence-electron chi connectivity index (χ2n) is 7.18. The van der Waals surface area contributed by atoms with E-state index in [1.165, 1.54) is 43.5 Å². The Morgan fingerprint density at radius 1 is 1.16 bits per heavy atom. The van der Waals surface area contributed by atoms with Crippen LogP contribution in [-0.4, -0.2) is 16.3 Å². The van der Waals surface area contributed by atoms with Crippen molar-refractivity contribution in [2.45, 2.75) is 44.4 Å². The Bertz CT molecular complexity index is 448. The maximum atomic E-state index is 5.67. The average Bonchev–Trinajstić information content (AvgIpc) is 2.69. The molecule has 4 bridgehead atoms. The molecule has 0 aliphatic heterocycles. The summed E-state index contributed by atoms with van der Waals surface area (Å²) in [6, 6.07) is 2.35. The maximum absolute atomic E-state index is 5.67. The quantitative estimate of drug-likeness (QED) is 0.906. The van der Waals surface area contributed by atoms with E-state index in [1.54, 1.807) is 0 Å². The minimum absolute atomic E-state index is 0.706. The molecule has 3 heteroatoms. The fourth-order valence-electron chi connectivity index (χ4n) is 5.53. The zero-order chi connectivity index (χ0) is 13.0. The first kappa shape index (κ1) is 12.0. The molecule has 4 aliphatic rings. The molecule has 4 aliphatic carbocycles. The molecule has 1 heterocycles. The van der Waals surface area contributed by atoms with Crippen LogP contribution in [0.2, 0.25) is 0 Å². The van der Waals surface area contributed by atoms with E-state index in [1.807, 2.05) is 0 Å². The third kappa shape index (κ3) is 1.85. The molecule has 1 aromatic rings. The fraction of sp³-hybridized carbons (Fsp3) is 0.812. The Hall–Kier alpha value is -0.830. The van der Waals surface area contributed by atoms with Gasteiger partial charge >= 0.3 is 0 Å².